The van der Waals surface area contributed by atoms with Gasteiger partial charge in [-0.15, -0.1) is 0 Å². The van der Waals surface area contributed by atoms with Crippen molar-refractivity contribution >= 4 is 49.8 Å². The fourth-order valence-electron chi connectivity index (χ4n) is 10.1. The van der Waals surface area contributed by atoms with Crippen LogP contribution in [0.3, 0.4) is 0 Å². The van der Waals surface area contributed by atoms with Crippen LogP contribution >= 0.6 is 0 Å². The van der Waals surface area contributed by atoms with Crippen molar-refractivity contribution in [2.75, 3.05) is 4.90 Å². The van der Waals surface area contributed by atoms with Gasteiger partial charge in [0, 0.05) is 22.0 Å². The van der Waals surface area contributed by atoms with Crippen LogP contribution in [0.2, 0.25) is 0 Å². The first kappa shape index (κ1) is 31.2. The van der Waals surface area contributed by atoms with Crippen LogP contribution in [0, 0.1) is 6.92 Å². The SMILES string of the molecule is Cc1cc2ccccc2c2c1oc1c(N(c3ccc(-c4ccccc4)cc3)c3cccc4c3-c3ccccc3C43c4ccccc4-c4ccccc43)cccc12. The van der Waals surface area contributed by atoms with E-state index in [0.717, 1.165) is 39.2 Å². The highest BCUT2D eigenvalue weighted by Gasteiger charge is 2.52. The first-order valence-electron chi connectivity index (χ1n) is 19.4. The third kappa shape index (κ3) is 4.11. The zero-order valence-electron chi connectivity index (χ0n) is 30.8. The molecular weight excluding hydrogens is 679 g/mol. The third-order valence-corrected chi connectivity index (χ3v) is 12.4. The van der Waals surface area contributed by atoms with E-state index in [2.05, 4.69) is 206 Å². The van der Waals surface area contributed by atoms with Gasteiger partial charge in [-0.2, -0.15) is 0 Å². The van der Waals surface area contributed by atoms with Crippen molar-refractivity contribution < 1.29 is 4.42 Å². The molecule has 0 bridgehead atoms. The zero-order chi connectivity index (χ0) is 37.0. The minimum atomic E-state index is -0.445. The summed E-state index contributed by atoms with van der Waals surface area (Å²) in [7, 11) is 0. The third-order valence-electron chi connectivity index (χ3n) is 12.4. The number of hydrogen-bond acceptors (Lipinski definition) is 2. The maximum Gasteiger partial charge on any atom is 0.159 e. The van der Waals surface area contributed by atoms with Crippen LogP contribution < -0.4 is 4.90 Å². The summed E-state index contributed by atoms with van der Waals surface area (Å²) in [5.41, 5.74) is 18.5. The lowest BCUT2D eigenvalue weighted by Crippen LogP contribution is -2.26. The molecule has 2 aliphatic rings. The van der Waals surface area contributed by atoms with Gasteiger partial charge in [-0.3, -0.25) is 0 Å². The average molecular weight is 714 g/mol. The lowest BCUT2D eigenvalue weighted by atomic mass is 9.70. The summed E-state index contributed by atoms with van der Waals surface area (Å²) in [4.78, 5) is 2.44. The summed E-state index contributed by atoms with van der Waals surface area (Å²) < 4.78 is 7.07. The van der Waals surface area contributed by atoms with Gasteiger partial charge < -0.3 is 9.32 Å². The molecule has 12 rings (SSSR count). The highest BCUT2D eigenvalue weighted by molar-refractivity contribution is 6.22. The summed E-state index contributed by atoms with van der Waals surface area (Å²) in [5.74, 6) is 0. The second-order valence-electron chi connectivity index (χ2n) is 15.2. The van der Waals surface area contributed by atoms with Gasteiger partial charge >= 0.3 is 0 Å². The Morgan fingerprint density at radius 2 is 0.982 bits per heavy atom. The first-order chi connectivity index (χ1) is 27.7. The molecule has 0 atom stereocenters. The van der Waals surface area contributed by atoms with Gasteiger partial charge in [-0.25, -0.2) is 0 Å². The summed E-state index contributed by atoms with van der Waals surface area (Å²) in [5, 5.41) is 4.71. The molecule has 0 N–H and O–H groups in total. The molecule has 0 aliphatic heterocycles. The van der Waals surface area contributed by atoms with Crippen molar-refractivity contribution in [1.29, 1.82) is 0 Å². The monoisotopic (exact) mass is 713 g/mol. The normalized spacial score (nSPS) is 13.2. The topological polar surface area (TPSA) is 16.4 Å². The Kier molecular flexibility index (Phi) is 6.50. The van der Waals surface area contributed by atoms with Crippen molar-refractivity contribution in [3.05, 3.63) is 222 Å². The summed E-state index contributed by atoms with van der Waals surface area (Å²) >= 11 is 0. The number of furan rings is 1. The molecule has 2 aliphatic carbocycles. The number of anilines is 3. The van der Waals surface area contributed by atoms with E-state index in [1.54, 1.807) is 0 Å². The van der Waals surface area contributed by atoms with Gasteiger partial charge in [0.05, 0.1) is 16.8 Å². The fraction of sp³-hybridized carbons (Fsp3) is 0.0370. The predicted octanol–water partition coefficient (Wildman–Crippen LogP) is 14.5. The molecule has 2 nitrogen and oxygen atoms in total. The molecule has 9 aromatic carbocycles. The molecule has 0 radical (unpaired) electrons. The van der Waals surface area contributed by atoms with Crippen LogP contribution in [0.1, 0.15) is 27.8 Å². The standard InChI is InChI=1S/C54H35NO/c1-34-33-37-17-5-6-18-39(37)50-43-22-13-28-49(53(43)56-52(34)50)55(38-31-29-36(30-32-38)35-15-3-2-4-16-35)48-27-14-26-47-51(48)42-21-9-12-25-46(42)54(47)44-23-10-7-19-40(44)41-20-8-11-24-45(41)54/h2-33H,1H3. The second-order valence-corrected chi connectivity index (χ2v) is 15.2. The summed E-state index contributed by atoms with van der Waals surface area (Å²) in [6.45, 7) is 2.16. The van der Waals surface area contributed by atoms with Gasteiger partial charge in [-0.1, -0.05) is 164 Å². The smallest absolute Gasteiger partial charge is 0.159 e. The summed E-state index contributed by atoms with van der Waals surface area (Å²) in [6, 6.07) is 71.2. The van der Waals surface area contributed by atoms with Gasteiger partial charge in [0.1, 0.15) is 5.58 Å². The highest BCUT2D eigenvalue weighted by Crippen LogP contribution is 2.64. The van der Waals surface area contributed by atoms with Gasteiger partial charge in [0.15, 0.2) is 5.58 Å². The molecule has 0 fully saturated rings. The Labute approximate surface area is 325 Å². The van der Waals surface area contributed by atoms with E-state index >= 15 is 0 Å². The van der Waals surface area contributed by atoms with Gasteiger partial charge in [-0.05, 0) is 104 Å². The molecule has 0 saturated heterocycles. The van der Waals surface area contributed by atoms with Crippen LogP contribution in [0.5, 0.6) is 0 Å². The molecular formula is C54H35NO. The minimum absolute atomic E-state index is 0.445. The maximum absolute atomic E-state index is 7.07. The van der Waals surface area contributed by atoms with Crippen LogP contribution in [-0.2, 0) is 5.41 Å². The van der Waals surface area contributed by atoms with Crippen molar-refractivity contribution in [3.8, 4) is 33.4 Å². The van der Waals surface area contributed by atoms with Crippen LogP contribution in [-0.4, -0.2) is 0 Å². The molecule has 1 spiro atoms. The van der Waals surface area contributed by atoms with Crippen molar-refractivity contribution in [2.24, 2.45) is 0 Å². The van der Waals surface area contributed by atoms with Gasteiger partial charge in [0.25, 0.3) is 0 Å². The lowest BCUT2D eigenvalue weighted by molar-refractivity contribution is 0.666. The van der Waals surface area contributed by atoms with E-state index in [4.69, 9.17) is 4.42 Å². The lowest BCUT2D eigenvalue weighted by Gasteiger charge is -2.31. The second kappa shape index (κ2) is 11.7. The Morgan fingerprint density at radius 1 is 0.429 bits per heavy atom. The quantitative estimate of drug-likeness (QED) is 0.181. The molecule has 1 heterocycles. The molecule has 0 saturated carbocycles. The Hall–Kier alpha value is -7.16. The molecule has 1 aromatic heterocycles. The highest BCUT2D eigenvalue weighted by atomic mass is 16.3. The number of rotatable bonds is 4. The van der Waals surface area contributed by atoms with E-state index in [1.807, 2.05) is 0 Å². The van der Waals surface area contributed by atoms with Crippen LogP contribution in [0.25, 0.3) is 66.1 Å². The first-order valence-corrected chi connectivity index (χ1v) is 19.4. The van der Waals surface area contributed by atoms with Crippen molar-refractivity contribution in [2.45, 2.75) is 12.3 Å². The molecule has 56 heavy (non-hydrogen) atoms. The number of fused-ring (bicyclic) bond motifs is 15. The zero-order valence-corrected chi connectivity index (χ0v) is 30.8. The van der Waals surface area contributed by atoms with Crippen LogP contribution in [0.15, 0.2) is 199 Å². The fourth-order valence-corrected chi connectivity index (χ4v) is 10.1. The average Bonchev–Trinajstić information content (AvgIpc) is 3.91. The number of hydrogen-bond donors (Lipinski definition) is 0. The Morgan fingerprint density at radius 3 is 1.73 bits per heavy atom. The molecule has 2 heteroatoms. The van der Waals surface area contributed by atoms with E-state index in [-0.39, 0.29) is 0 Å². The maximum atomic E-state index is 7.07. The number of benzene rings is 9. The van der Waals surface area contributed by atoms with E-state index in [0.29, 0.717) is 0 Å². The Balaban J connectivity index is 1.18. The van der Waals surface area contributed by atoms with E-state index in [1.165, 1.54) is 71.8 Å². The number of aryl methyl sites for hydroxylation is 1. The molecule has 262 valence electrons. The Bertz CT molecular complexity index is 3160. The number of nitrogens with zero attached hydrogens (tertiary/aromatic N) is 1. The number of para-hydroxylation sites is 1. The molecule has 0 unspecified atom stereocenters. The summed E-state index contributed by atoms with van der Waals surface area (Å²) in [6.07, 6.45) is 0. The largest absolute Gasteiger partial charge is 0.454 e. The van der Waals surface area contributed by atoms with E-state index in [9.17, 15) is 0 Å². The predicted molar refractivity (Wildman–Crippen MR) is 232 cm³/mol. The van der Waals surface area contributed by atoms with Crippen molar-refractivity contribution in [3.63, 3.8) is 0 Å². The minimum Gasteiger partial charge on any atom is -0.454 e. The van der Waals surface area contributed by atoms with Gasteiger partial charge in [0.2, 0.25) is 0 Å². The van der Waals surface area contributed by atoms with E-state index < -0.39 is 5.41 Å². The van der Waals surface area contributed by atoms with Crippen LogP contribution in [0.4, 0.5) is 17.1 Å². The van der Waals surface area contributed by atoms with Crippen molar-refractivity contribution in [1.82, 2.24) is 0 Å². The molecule has 0 amide bonds. The molecule has 10 aromatic rings.